The Balaban J connectivity index is 2.01. The molecule has 0 atom stereocenters. The Morgan fingerprint density at radius 2 is 1.62 bits per heavy atom. The van der Waals surface area contributed by atoms with E-state index in [1.165, 1.54) is 0 Å². The number of carbonyl (C=O) groups is 2. The van der Waals surface area contributed by atoms with Gasteiger partial charge in [0.2, 0.25) is 5.91 Å². The highest BCUT2D eigenvalue weighted by molar-refractivity contribution is 9.10. The number of carbonyl (C=O) groups excluding carboxylic acids is 2. The van der Waals surface area contributed by atoms with Gasteiger partial charge in [-0.25, -0.2) is 5.84 Å². The molecule has 0 bridgehead atoms. The van der Waals surface area contributed by atoms with Crippen molar-refractivity contribution in [1.82, 2.24) is 5.43 Å². The second-order valence-corrected chi connectivity index (χ2v) is 5.32. The van der Waals surface area contributed by atoms with Crippen LogP contribution in [-0.4, -0.2) is 11.8 Å². The number of nitrogens with one attached hydrogen (secondary N) is 2. The third kappa shape index (κ3) is 4.40. The van der Waals surface area contributed by atoms with Crippen molar-refractivity contribution < 1.29 is 9.59 Å². The number of hydrazine groups is 1. The van der Waals surface area contributed by atoms with Gasteiger partial charge in [-0.1, -0.05) is 28.1 Å². The zero-order valence-corrected chi connectivity index (χ0v) is 12.7. The molecule has 0 aliphatic carbocycles. The van der Waals surface area contributed by atoms with Crippen molar-refractivity contribution in [3.05, 3.63) is 64.1 Å². The predicted molar refractivity (Wildman–Crippen MR) is 84.6 cm³/mol. The number of hydrogen-bond acceptors (Lipinski definition) is 3. The van der Waals surface area contributed by atoms with Crippen molar-refractivity contribution >= 4 is 33.4 Å². The summed E-state index contributed by atoms with van der Waals surface area (Å²) in [5.41, 5.74) is 4.13. The number of hydrogen-bond donors (Lipinski definition) is 3. The maximum absolute atomic E-state index is 12.0. The van der Waals surface area contributed by atoms with Crippen molar-refractivity contribution in [3.8, 4) is 0 Å². The predicted octanol–water partition coefficient (Wildman–Crippen LogP) is 2.23. The van der Waals surface area contributed by atoms with E-state index in [9.17, 15) is 9.59 Å². The van der Waals surface area contributed by atoms with Gasteiger partial charge in [-0.15, -0.1) is 0 Å². The van der Waals surface area contributed by atoms with Gasteiger partial charge in [0.1, 0.15) is 0 Å². The first-order chi connectivity index (χ1) is 10.1. The highest BCUT2D eigenvalue weighted by Crippen LogP contribution is 2.14. The highest BCUT2D eigenvalue weighted by atomic mass is 79.9. The van der Waals surface area contributed by atoms with Gasteiger partial charge in [-0.3, -0.25) is 15.0 Å². The van der Waals surface area contributed by atoms with Crippen LogP contribution in [0.5, 0.6) is 0 Å². The third-order valence-electron chi connectivity index (χ3n) is 2.84. The minimum absolute atomic E-state index is 0.185. The molecule has 0 fully saturated rings. The average molecular weight is 348 g/mol. The molecule has 0 saturated heterocycles. The molecule has 0 radical (unpaired) electrons. The summed E-state index contributed by atoms with van der Waals surface area (Å²) in [6.45, 7) is 0. The van der Waals surface area contributed by atoms with E-state index in [2.05, 4.69) is 26.7 Å². The summed E-state index contributed by atoms with van der Waals surface area (Å²) in [4.78, 5) is 23.2. The van der Waals surface area contributed by atoms with Crippen LogP contribution in [-0.2, 0) is 11.2 Å². The summed E-state index contributed by atoms with van der Waals surface area (Å²) in [7, 11) is 0. The van der Waals surface area contributed by atoms with Crippen molar-refractivity contribution in [2.24, 2.45) is 5.84 Å². The van der Waals surface area contributed by atoms with E-state index in [1.54, 1.807) is 36.4 Å². The lowest BCUT2D eigenvalue weighted by atomic mass is 10.1. The largest absolute Gasteiger partial charge is 0.322 e. The zero-order valence-electron chi connectivity index (χ0n) is 11.1. The Hall–Kier alpha value is -2.18. The first-order valence-corrected chi connectivity index (χ1v) is 7.03. The summed E-state index contributed by atoms with van der Waals surface area (Å²) in [5.74, 6) is 4.58. The van der Waals surface area contributed by atoms with Crippen LogP contribution in [0.2, 0.25) is 0 Å². The van der Waals surface area contributed by atoms with Gasteiger partial charge in [0.25, 0.3) is 5.91 Å². The fourth-order valence-corrected chi connectivity index (χ4v) is 2.01. The number of halogens is 1. The van der Waals surface area contributed by atoms with Crippen LogP contribution in [0.15, 0.2) is 53.0 Å². The number of anilines is 1. The van der Waals surface area contributed by atoms with E-state index in [0.29, 0.717) is 11.3 Å². The molecule has 0 spiro atoms. The smallest absolute Gasteiger partial charge is 0.255 e. The van der Waals surface area contributed by atoms with Crippen molar-refractivity contribution in [1.29, 1.82) is 0 Å². The van der Waals surface area contributed by atoms with Gasteiger partial charge >= 0.3 is 0 Å². The van der Waals surface area contributed by atoms with Crippen molar-refractivity contribution in [2.45, 2.75) is 6.42 Å². The van der Waals surface area contributed by atoms with Crippen LogP contribution >= 0.6 is 15.9 Å². The summed E-state index contributed by atoms with van der Waals surface area (Å²) in [6, 6.07) is 14.1. The lowest BCUT2D eigenvalue weighted by molar-refractivity contribution is -0.120. The Kier molecular flexibility index (Phi) is 5.08. The molecule has 2 aromatic carbocycles. The first kappa shape index (κ1) is 15.2. The second kappa shape index (κ2) is 7.01. The van der Waals surface area contributed by atoms with Gasteiger partial charge in [0.15, 0.2) is 0 Å². The molecule has 0 aliphatic heterocycles. The molecule has 0 aliphatic rings. The molecule has 0 heterocycles. The molecule has 0 saturated carbocycles. The number of rotatable bonds is 4. The zero-order chi connectivity index (χ0) is 15.2. The average Bonchev–Trinajstić information content (AvgIpc) is 2.49. The Morgan fingerprint density at radius 1 is 1.00 bits per heavy atom. The first-order valence-electron chi connectivity index (χ1n) is 6.24. The Bertz CT molecular complexity index is 639. The van der Waals surface area contributed by atoms with Gasteiger partial charge in [-0.2, -0.15) is 0 Å². The maximum atomic E-state index is 12.0. The molecule has 2 amide bonds. The SMILES string of the molecule is NNC(=O)Cc1ccc(NC(=O)c2ccc(Br)cc2)cc1. The summed E-state index contributed by atoms with van der Waals surface area (Å²) in [5, 5.41) is 2.79. The molecular weight excluding hydrogens is 334 g/mol. The van der Waals surface area contributed by atoms with Gasteiger partial charge < -0.3 is 5.32 Å². The number of amides is 2. The Labute approximate surface area is 130 Å². The lowest BCUT2D eigenvalue weighted by Gasteiger charge is -2.06. The summed E-state index contributed by atoms with van der Waals surface area (Å²) < 4.78 is 0.918. The van der Waals surface area contributed by atoms with E-state index in [1.807, 2.05) is 12.1 Å². The van der Waals surface area contributed by atoms with Crippen LogP contribution in [0, 0.1) is 0 Å². The fraction of sp³-hybridized carbons (Fsp3) is 0.0667. The van der Waals surface area contributed by atoms with Crippen LogP contribution < -0.4 is 16.6 Å². The van der Waals surface area contributed by atoms with E-state index in [-0.39, 0.29) is 18.2 Å². The number of nitrogens with two attached hydrogens (primary N) is 1. The normalized spacial score (nSPS) is 10.0. The molecular formula is C15H14BrN3O2. The monoisotopic (exact) mass is 347 g/mol. The molecule has 4 N–H and O–H groups in total. The van der Waals surface area contributed by atoms with Crippen molar-refractivity contribution in [2.75, 3.05) is 5.32 Å². The van der Waals surface area contributed by atoms with E-state index < -0.39 is 0 Å². The summed E-state index contributed by atoms with van der Waals surface area (Å²) in [6.07, 6.45) is 0.206. The van der Waals surface area contributed by atoms with Gasteiger partial charge in [-0.05, 0) is 42.0 Å². The standard InChI is InChI=1S/C15H14BrN3O2/c16-12-5-3-11(4-6-12)15(21)18-13-7-1-10(2-8-13)9-14(20)19-17/h1-8H,9,17H2,(H,18,21)(H,19,20). The van der Waals surface area contributed by atoms with Crippen LogP contribution in [0.3, 0.4) is 0 Å². The highest BCUT2D eigenvalue weighted by Gasteiger charge is 2.06. The van der Waals surface area contributed by atoms with Crippen molar-refractivity contribution in [3.63, 3.8) is 0 Å². The van der Waals surface area contributed by atoms with Gasteiger partial charge in [0, 0.05) is 15.7 Å². The van der Waals surface area contributed by atoms with Crippen LogP contribution in [0.4, 0.5) is 5.69 Å². The summed E-state index contributed by atoms with van der Waals surface area (Å²) >= 11 is 3.32. The van der Waals surface area contributed by atoms with E-state index in [4.69, 9.17) is 5.84 Å². The minimum atomic E-state index is -0.262. The number of benzene rings is 2. The minimum Gasteiger partial charge on any atom is -0.322 e. The lowest BCUT2D eigenvalue weighted by Crippen LogP contribution is -2.31. The Morgan fingerprint density at radius 3 is 2.19 bits per heavy atom. The second-order valence-electron chi connectivity index (χ2n) is 4.40. The quantitative estimate of drug-likeness (QED) is 0.450. The van der Waals surface area contributed by atoms with E-state index >= 15 is 0 Å². The van der Waals surface area contributed by atoms with Crippen LogP contribution in [0.1, 0.15) is 15.9 Å². The van der Waals surface area contributed by atoms with Gasteiger partial charge in [0.05, 0.1) is 6.42 Å². The molecule has 2 aromatic rings. The molecule has 0 aromatic heterocycles. The molecule has 2 rings (SSSR count). The molecule has 21 heavy (non-hydrogen) atoms. The third-order valence-corrected chi connectivity index (χ3v) is 3.37. The topological polar surface area (TPSA) is 84.2 Å². The molecule has 0 unspecified atom stereocenters. The van der Waals surface area contributed by atoms with E-state index in [0.717, 1.165) is 10.0 Å². The molecule has 6 heteroatoms. The fourth-order valence-electron chi connectivity index (χ4n) is 1.75. The maximum Gasteiger partial charge on any atom is 0.255 e. The molecule has 108 valence electrons. The molecule has 5 nitrogen and oxygen atoms in total. The van der Waals surface area contributed by atoms with Crippen LogP contribution in [0.25, 0.3) is 0 Å².